The number of anilines is 1. The van der Waals surface area contributed by atoms with Crippen molar-refractivity contribution in [1.29, 1.82) is 0 Å². The summed E-state index contributed by atoms with van der Waals surface area (Å²) >= 11 is 1.38. The van der Waals surface area contributed by atoms with Crippen LogP contribution in [0.3, 0.4) is 0 Å². The second-order valence-corrected chi connectivity index (χ2v) is 8.89. The molecule has 0 unspecified atom stereocenters. The van der Waals surface area contributed by atoms with Gasteiger partial charge >= 0.3 is 6.03 Å². The Labute approximate surface area is 174 Å². The molecule has 3 heterocycles. The van der Waals surface area contributed by atoms with Gasteiger partial charge in [-0.05, 0) is 49.3 Å². The van der Waals surface area contributed by atoms with E-state index in [2.05, 4.69) is 17.6 Å². The maximum Gasteiger partial charge on any atom is 0.320 e. The van der Waals surface area contributed by atoms with Crippen molar-refractivity contribution in [2.24, 2.45) is 5.92 Å². The molecule has 6 nitrogen and oxygen atoms in total. The van der Waals surface area contributed by atoms with E-state index in [1.165, 1.54) is 11.3 Å². The number of aryl methyl sites for hydroxylation is 3. The highest BCUT2D eigenvalue weighted by molar-refractivity contribution is 7.22. The van der Waals surface area contributed by atoms with Crippen molar-refractivity contribution < 1.29 is 4.79 Å². The normalized spacial score (nSPS) is 16.3. The van der Waals surface area contributed by atoms with Crippen LogP contribution in [-0.4, -0.2) is 15.6 Å². The van der Waals surface area contributed by atoms with E-state index in [0.717, 1.165) is 41.8 Å². The van der Waals surface area contributed by atoms with Crippen LogP contribution in [-0.2, 0) is 19.5 Å². The molecule has 0 bridgehead atoms. The second kappa shape index (κ2) is 7.99. The van der Waals surface area contributed by atoms with Crippen LogP contribution in [0, 0.1) is 19.8 Å². The van der Waals surface area contributed by atoms with Crippen molar-refractivity contribution in [3.63, 3.8) is 0 Å². The number of thiophene rings is 1. The molecule has 2 amide bonds. The van der Waals surface area contributed by atoms with Gasteiger partial charge in [0.15, 0.2) is 0 Å². The van der Waals surface area contributed by atoms with Crippen molar-refractivity contribution in [3.05, 3.63) is 57.1 Å². The van der Waals surface area contributed by atoms with Gasteiger partial charge in [0.05, 0.1) is 5.39 Å². The Morgan fingerprint density at radius 3 is 2.86 bits per heavy atom. The zero-order valence-corrected chi connectivity index (χ0v) is 17.9. The van der Waals surface area contributed by atoms with Gasteiger partial charge in [0.25, 0.3) is 5.56 Å². The van der Waals surface area contributed by atoms with Crippen LogP contribution in [0.15, 0.2) is 29.1 Å². The lowest BCUT2D eigenvalue weighted by Crippen LogP contribution is -2.28. The Kier molecular flexibility index (Phi) is 5.41. The van der Waals surface area contributed by atoms with E-state index in [1.54, 1.807) is 0 Å². The number of rotatable bonds is 3. The minimum absolute atomic E-state index is 0.0150. The van der Waals surface area contributed by atoms with E-state index in [-0.39, 0.29) is 11.6 Å². The Morgan fingerprint density at radius 2 is 2.07 bits per heavy atom. The molecule has 0 aliphatic carbocycles. The first-order valence-electron chi connectivity index (χ1n) is 10.1. The van der Waals surface area contributed by atoms with Crippen molar-refractivity contribution in [3.8, 4) is 0 Å². The van der Waals surface area contributed by atoms with E-state index < -0.39 is 0 Å². The molecule has 0 radical (unpaired) electrons. The smallest absolute Gasteiger partial charge is 0.320 e. The van der Waals surface area contributed by atoms with Crippen LogP contribution < -0.4 is 16.2 Å². The number of amides is 2. The van der Waals surface area contributed by atoms with Gasteiger partial charge in [0.2, 0.25) is 0 Å². The van der Waals surface area contributed by atoms with Gasteiger partial charge < -0.3 is 5.32 Å². The molecule has 0 fully saturated rings. The number of urea groups is 1. The summed E-state index contributed by atoms with van der Waals surface area (Å²) in [7, 11) is 0. The van der Waals surface area contributed by atoms with Crippen LogP contribution in [0.2, 0.25) is 0 Å². The lowest BCUT2D eigenvalue weighted by molar-refractivity contribution is 0.252. The summed E-state index contributed by atoms with van der Waals surface area (Å²) in [4.78, 5) is 31.0. The average Bonchev–Trinajstić information content (AvgIpc) is 2.87. The number of nitrogens with one attached hydrogen (secondary N) is 2. The number of carbonyl (C=O) groups is 1. The third-order valence-corrected chi connectivity index (χ3v) is 6.86. The zero-order valence-electron chi connectivity index (χ0n) is 17.0. The van der Waals surface area contributed by atoms with E-state index >= 15 is 0 Å². The number of benzene rings is 1. The van der Waals surface area contributed by atoms with Crippen LogP contribution in [0.5, 0.6) is 0 Å². The van der Waals surface area contributed by atoms with E-state index in [1.807, 2.05) is 42.7 Å². The maximum absolute atomic E-state index is 13.1. The van der Waals surface area contributed by atoms with Crippen molar-refractivity contribution in [1.82, 2.24) is 14.9 Å². The van der Waals surface area contributed by atoms with Crippen molar-refractivity contribution in [2.75, 3.05) is 5.32 Å². The predicted octanol–water partition coefficient (Wildman–Crippen LogP) is 4.37. The third-order valence-electron chi connectivity index (χ3n) is 5.76. The van der Waals surface area contributed by atoms with Crippen molar-refractivity contribution >= 4 is 32.6 Å². The fourth-order valence-corrected chi connectivity index (χ4v) is 4.89. The molecule has 7 heteroatoms. The molecule has 29 heavy (non-hydrogen) atoms. The molecule has 3 aromatic rings. The fraction of sp³-hybridized carbons (Fsp3) is 0.409. The van der Waals surface area contributed by atoms with Gasteiger partial charge in [0.1, 0.15) is 15.7 Å². The maximum atomic E-state index is 13.1. The number of aromatic nitrogens is 2. The van der Waals surface area contributed by atoms with Crippen LogP contribution in [0.1, 0.15) is 42.3 Å². The third kappa shape index (κ3) is 3.92. The van der Waals surface area contributed by atoms with Gasteiger partial charge in [0, 0.05) is 19.5 Å². The van der Waals surface area contributed by atoms with E-state index in [9.17, 15) is 9.59 Å². The molecule has 2 aromatic heterocycles. The Bertz CT molecular complexity index is 1130. The largest absolute Gasteiger partial charge is 0.334 e. The number of nitrogens with zero attached hydrogens (tertiary/aromatic N) is 2. The monoisotopic (exact) mass is 410 g/mol. The van der Waals surface area contributed by atoms with Gasteiger partial charge in [-0.3, -0.25) is 14.7 Å². The van der Waals surface area contributed by atoms with Gasteiger partial charge in [-0.15, -0.1) is 0 Å². The summed E-state index contributed by atoms with van der Waals surface area (Å²) < 4.78 is 1.83. The molecule has 4 rings (SSSR count). The summed E-state index contributed by atoms with van der Waals surface area (Å²) in [5.41, 5.74) is 3.02. The predicted molar refractivity (Wildman–Crippen MR) is 118 cm³/mol. The van der Waals surface area contributed by atoms with Crippen LogP contribution in [0.25, 0.3) is 10.2 Å². The molecular weight excluding hydrogens is 384 g/mol. The molecule has 152 valence electrons. The second-order valence-electron chi connectivity index (χ2n) is 7.89. The first kappa shape index (κ1) is 19.6. The highest BCUT2D eigenvalue weighted by Gasteiger charge is 2.21. The molecule has 0 saturated heterocycles. The topological polar surface area (TPSA) is 76.0 Å². The molecule has 0 saturated carbocycles. The van der Waals surface area contributed by atoms with Gasteiger partial charge in [-0.1, -0.05) is 42.5 Å². The Hall–Kier alpha value is -2.67. The molecule has 0 spiro atoms. The first-order valence-corrected chi connectivity index (χ1v) is 10.9. The number of hydrogen-bond donors (Lipinski definition) is 2. The summed E-state index contributed by atoms with van der Waals surface area (Å²) in [5.74, 6) is 1.47. The zero-order chi connectivity index (χ0) is 20.5. The minimum atomic E-state index is -0.279. The van der Waals surface area contributed by atoms with Crippen LogP contribution >= 0.6 is 11.3 Å². The highest BCUT2D eigenvalue weighted by atomic mass is 32.1. The van der Waals surface area contributed by atoms with Gasteiger partial charge in [-0.2, -0.15) is 0 Å². The highest BCUT2D eigenvalue weighted by Crippen LogP contribution is 2.33. The van der Waals surface area contributed by atoms with E-state index in [0.29, 0.717) is 34.2 Å². The number of hydrogen-bond acceptors (Lipinski definition) is 4. The average molecular weight is 411 g/mol. The minimum Gasteiger partial charge on any atom is -0.334 e. The standard InChI is InChI=1S/C22H26N4O2S/c1-13-8-9-17-24-20-18(21(27)26(17)11-10-13)15(3)19(29-20)25-22(28)23-12-16-7-5-4-6-14(16)2/h4-7,13H,8-12H2,1-3H3,(H2,23,25,28)/t13-/m0/s1. The molecule has 1 aromatic carbocycles. The lowest BCUT2D eigenvalue weighted by atomic mass is 10.0. The molecule has 2 N–H and O–H groups in total. The molecular formula is C22H26N4O2S. The molecule has 1 aliphatic rings. The first-order chi connectivity index (χ1) is 13.9. The Morgan fingerprint density at radius 1 is 1.28 bits per heavy atom. The summed E-state index contributed by atoms with van der Waals surface area (Å²) in [6.45, 7) is 7.30. The molecule has 1 atom stereocenters. The fourth-order valence-electron chi connectivity index (χ4n) is 3.80. The number of carbonyl (C=O) groups excluding carboxylic acids is 1. The van der Waals surface area contributed by atoms with Crippen LogP contribution in [0.4, 0.5) is 9.80 Å². The van der Waals surface area contributed by atoms with Gasteiger partial charge in [-0.25, -0.2) is 9.78 Å². The quantitative estimate of drug-likeness (QED) is 0.673. The lowest BCUT2D eigenvalue weighted by Gasteiger charge is -2.09. The molecule has 1 aliphatic heterocycles. The van der Waals surface area contributed by atoms with Crippen molar-refractivity contribution in [2.45, 2.75) is 53.1 Å². The summed E-state index contributed by atoms with van der Waals surface area (Å²) in [5, 5.41) is 7.11. The number of fused-ring (bicyclic) bond motifs is 2. The Balaban J connectivity index is 1.56. The summed E-state index contributed by atoms with van der Waals surface area (Å²) in [6, 6.07) is 7.68. The summed E-state index contributed by atoms with van der Waals surface area (Å²) in [6.07, 6.45) is 2.87. The SMILES string of the molecule is Cc1ccccc1CNC(=O)Nc1sc2nc3n(c(=O)c2c1C)CC[C@@H](C)CC3. The van der Waals surface area contributed by atoms with E-state index in [4.69, 9.17) is 4.98 Å².